The van der Waals surface area contributed by atoms with E-state index in [4.69, 9.17) is 5.73 Å². The molecule has 4 nitrogen and oxygen atoms in total. The third-order valence-corrected chi connectivity index (χ3v) is 2.32. The fourth-order valence-corrected chi connectivity index (χ4v) is 1.16. The Labute approximate surface area is 108 Å². The van der Waals surface area contributed by atoms with Crippen molar-refractivity contribution in [3.8, 4) is 0 Å². The number of nitrogens with zero attached hydrogens (tertiary/aromatic N) is 1. The summed E-state index contributed by atoms with van der Waals surface area (Å²) in [5.41, 5.74) is 8.26. The zero-order valence-electron chi connectivity index (χ0n) is 8.42. The number of nitrogens with two attached hydrogens (primary N) is 1. The first-order chi connectivity index (χ1) is 5.95. The standard InChI is InChI=1S/C9H11N2O2.Y/c1-5-6(2)8(10)4-9(7(5)3)11(12)13;/h10H2,1-3H3;/q-1;. The van der Waals surface area contributed by atoms with E-state index in [-0.39, 0.29) is 38.4 Å². The zero-order valence-corrected chi connectivity index (χ0v) is 11.3. The van der Waals surface area contributed by atoms with Crippen molar-refractivity contribution in [2.75, 3.05) is 5.73 Å². The van der Waals surface area contributed by atoms with Crippen LogP contribution in [0, 0.1) is 37.0 Å². The van der Waals surface area contributed by atoms with Crippen molar-refractivity contribution in [3.63, 3.8) is 0 Å². The van der Waals surface area contributed by atoms with Crippen LogP contribution in [0.15, 0.2) is 0 Å². The topological polar surface area (TPSA) is 69.2 Å². The molecule has 1 aromatic carbocycles. The van der Waals surface area contributed by atoms with Crippen molar-refractivity contribution in [3.05, 3.63) is 32.9 Å². The predicted molar refractivity (Wildman–Crippen MR) is 50.6 cm³/mol. The van der Waals surface area contributed by atoms with E-state index < -0.39 is 4.92 Å². The van der Waals surface area contributed by atoms with Crippen LogP contribution >= 0.6 is 0 Å². The predicted octanol–water partition coefficient (Wildman–Crippen LogP) is 1.90. The molecule has 0 saturated carbocycles. The Bertz CT molecular complexity index is 378. The van der Waals surface area contributed by atoms with Crippen LogP contribution in [0.5, 0.6) is 0 Å². The molecule has 0 aliphatic rings. The van der Waals surface area contributed by atoms with E-state index >= 15 is 0 Å². The quantitative estimate of drug-likeness (QED) is 0.366. The summed E-state index contributed by atoms with van der Waals surface area (Å²) in [6.45, 7) is 5.36. The number of rotatable bonds is 1. The van der Waals surface area contributed by atoms with Crippen LogP contribution in [0.2, 0.25) is 0 Å². The number of hydrogen-bond donors (Lipinski definition) is 1. The van der Waals surface area contributed by atoms with Gasteiger partial charge in [0.1, 0.15) is 0 Å². The molecule has 0 atom stereocenters. The molecule has 0 bridgehead atoms. The SMILES string of the molecule is Cc1c(N)[c-]c([N+](=O)[O-])c(C)c1C.[Y]. The van der Waals surface area contributed by atoms with Gasteiger partial charge in [-0.1, -0.05) is 38.1 Å². The molecule has 0 aliphatic heterocycles. The van der Waals surface area contributed by atoms with Crippen LogP contribution in [0.25, 0.3) is 0 Å². The molecule has 1 aromatic rings. The van der Waals surface area contributed by atoms with Gasteiger partial charge in [0.15, 0.2) is 5.69 Å². The largest absolute Gasteiger partial charge is 0.419 e. The number of nitrogen functional groups attached to an aromatic ring is 1. The van der Waals surface area contributed by atoms with Gasteiger partial charge in [-0.15, -0.1) is 11.1 Å². The summed E-state index contributed by atoms with van der Waals surface area (Å²) in [5.74, 6) is 0. The molecule has 0 saturated heterocycles. The summed E-state index contributed by atoms with van der Waals surface area (Å²) in [5, 5.41) is 10.6. The summed E-state index contributed by atoms with van der Waals surface area (Å²) in [7, 11) is 0. The van der Waals surface area contributed by atoms with E-state index in [0.29, 0.717) is 11.3 Å². The number of benzene rings is 1. The van der Waals surface area contributed by atoms with Crippen molar-refractivity contribution in [1.82, 2.24) is 0 Å². The van der Waals surface area contributed by atoms with Crippen LogP contribution in [0.3, 0.4) is 0 Å². The Morgan fingerprint density at radius 3 is 2.14 bits per heavy atom. The van der Waals surface area contributed by atoms with Crippen LogP contribution in [-0.2, 0) is 32.7 Å². The van der Waals surface area contributed by atoms with E-state index in [9.17, 15) is 10.1 Å². The van der Waals surface area contributed by atoms with Crippen molar-refractivity contribution in [2.45, 2.75) is 20.8 Å². The fourth-order valence-electron chi connectivity index (χ4n) is 1.16. The van der Waals surface area contributed by atoms with Crippen LogP contribution in [-0.4, -0.2) is 4.92 Å². The van der Waals surface area contributed by atoms with Gasteiger partial charge in [-0.05, 0) is 0 Å². The van der Waals surface area contributed by atoms with Gasteiger partial charge < -0.3 is 5.73 Å². The molecular weight excluding hydrogens is 257 g/mol. The molecule has 5 heteroatoms. The van der Waals surface area contributed by atoms with E-state index in [1.807, 2.05) is 13.8 Å². The zero-order chi connectivity index (χ0) is 10.2. The number of anilines is 1. The molecule has 1 radical (unpaired) electrons. The third kappa shape index (κ3) is 2.31. The number of nitro benzene ring substituents is 1. The van der Waals surface area contributed by atoms with Gasteiger partial charge >= 0.3 is 0 Å². The second-order valence-corrected chi connectivity index (χ2v) is 3.02. The Balaban J connectivity index is 0.00000169. The Kier molecular flexibility index (Phi) is 4.68. The van der Waals surface area contributed by atoms with Gasteiger partial charge in [-0.2, -0.15) is 0 Å². The molecular formula is C9H11N2O2Y-. The minimum Gasteiger partial charge on any atom is -0.419 e. The average molecular weight is 268 g/mol. The summed E-state index contributed by atoms with van der Waals surface area (Å²) in [4.78, 5) is 10.1. The summed E-state index contributed by atoms with van der Waals surface area (Å²) < 4.78 is 0. The van der Waals surface area contributed by atoms with Gasteiger partial charge in [0.05, 0.1) is 0 Å². The maximum atomic E-state index is 10.6. The molecule has 1 rings (SSSR count). The Morgan fingerprint density at radius 2 is 1.71 bits per heavy atom. The van der Waals surface area contributed by atoms with Crippen LogP contribution in [0.4, 0.5) is 11.4 Å². The maximum absolute atomic E-state index is 10.6. The summed E-state index contributed by atoms with van der Waals surface area (Å²) in [6, 6.07) is 2.56. The second-order valence-electron chi connectivity index (χ2n) is 3.02. The molecule has 0 spiro atoms. The average Bonchev–Trinajstić information content (AvgIpc) is 2.07. The minimum absolute atomic E-state index is 0. The number of hydrogen-bond acceptors (Lipinski definition) is 3. The van der Waals surface area contributed by atoms with E-state index in [1.54, 1.807) is 6.92 Å². The molecule has 14 heavy (non-hydrogen) atoms. The molecule has 73 valence electrons. The van der Waals surface area contributed by atoms with Gasteiger partial charge in [0.2, 0.25) is 0 Å². The maximum Gasteiger partial charge on any atom is 0.167 e. The molecule has 0 aliphatic carbocycles. The normalized spacial score (nSPS) is 9.36. The first-order valence-corrected chi connectivity index (χ1v) is 3.88. The third-order valence-electron chi connectivity index (χ3n) is 2.32. The molecule has 0 aromatic heterocycles. The monoisotopic (exact) mass is 268 g/mol. The van der Waals surface area contributed by atoms with Gasteiger partial charge in [-0.25, -0.2) is 0 Å². The summed E-state index contributed by atoms with van der Waals surface area (Å²) >= 11 is 0. The van der Waals surface area contributed by atoms with Gasteiger partial charge in [0.25, 0.3) is 0 Å². The smallest absolute Gasteiger partial charge is 0.167 e. The minimum atomic E-state index is -0.460. The number of nitro groups is 1. The van der Waals surface area contributed by atoms with Crippen molar-refractivity contribution in [2.24, 2.45) is 0 Å². The van der Waals surface area contributed by atoms with E-state index in [1.165, 1.54) is 0 Å². The van der Waals surface area contributed by atoms with Crippen LogP contribution in [0.1, 0.15) is 16.7 Å². The van der Waals surface area contributed by atoms with Crippen molar-refractivity contribution >= 4 is 11.4 Å². The van der Waals surface area contributed by atoms with E-state index in [2.05, 4.69) is 6.07 Å². The molecule has 2 N–H and O–H groups in total. The molecule has 0 amide bonds. The second kappa shape index (κ2) is 4.85. The Hall–Kier alpha value is -0.476. The first-order valence-electron chi connectivity index (χ1n) is 3.88. The Morgan fingerprint density at radius 1 is 1.21 bits per heavy atom. The van der Waals surface area contributed by atoms with Gasteiger partial charge in [0, 0.05) is 37.6 Å². The van der Waals surface area contributed by atoms with Crippen molar-refractivity contribution < 1.29 is 37.6 Å². The van der Waals surface area contributed by atoms with E-state index in [0.717, 1.165) is 11.1 Å². The van der Waals surface area contributed by atoms with Crippen molar-refractivity contribution in [1.29, 1.82) is 0 Å². The van der Waals surface area contributed by atoms with Gasteiger partial charge in [-0.3, -0.25) is 10.1 Å². The molecule has 0 unspecified atom stereocenters. The first kappa shape index (κ1) is 13.5. The van der Waals surface area contributed by atoms with Crippen LogP contribution < -0.4 is 5.73 Å². The summed E-state index contributed by atoms with van der Waals surface area (Å²) in [6.07, 6.45) is 0. The molecule has 0 fully saturated rings. The molecule has 0 heterocycles. The fraction of sp³-hybridized carbons (Fsp3) is 0.333.